The van der Waals surface area contributed by atoms with Gasteiger partial charge in [-0.25, -0.2) is 53.9 Å². The largest absolute Gasteiger partial charge is 0.489 e. The summed E-state index contributed by atoms with van der Waals surface area (Å²) in [6.07, 6.45) is 14.1. The van der Waals surface area contributed by atoms with Crippen LogP contribution in [0.2, 0.25) is 0 Å². The van der Waals surface area contributed by atoms with Crippen molar-refractivity contribution in [3.63, 3.8) is 0 Å². The summed E-state index contributed by atoms with van der Waals surface area (Å²) in [5.74, 6) is 9.67. The van der Waals surface area contributed by atoms with E-state index in [0.717, 1.165) is 181 Å². The molecule has 10 aromatic carbocycles. The predicted octanol–water partition coefficient (Wildman–Crippen LogP) is 20.3. The fourth-order valence-corrected chi connectivity index (χ4v) is 18.1. The quantitative estimate of drug-likeness (QED) is 0.0269. The van der Waals surface area contributed by atoms with Crippen molar-refractivity contribution in [3.05, 3.63) is 341 Å². The maximum atomic E-state index is 12.0. The third-order valence-electron chi connectivity index (χ3n) is 23.8. The molecule has 9 N–H and O–H groups in total. The molecule has 0 bridgehead atoms. The molecule has 21 aromatic rings. The third-order valence-corrected chi connectivity index (χ3v) is 26.0. The lowest BCUT2D eigenvalue weighted by Gasteiger charge is -2.26. The summed E-state index contributed by atoms with van der Waals surface area (Å²) >= 11 is 4.69. The van der Waals surface area contributed by atoms with Crippen molar-refractivity contribution in [3.8, 4) is 114 Å². The molecule has 2 fully saturated rings. The monoisotopic (exact) mass is 2000 g/mol. The summed E-state index contributed by atoms with van der Waals surface area (Å²) in [5.41, 5.74) is 41.6. The number of nitrogens with zero attached hydrogens (tertiary/aromatic N) is 20. The van der Waals surface area contributed by atoms with E-state index in [1.54, 1.807) is 50.5 Å². The topological polar surface area (TPSA) is 433 Å². The Morgan fingerprint density at radius 1 is 0.363 bits per heavy atom. The van der Waals surface area contributed by atoms with Crippen LogP contribution >= 0.6 is 34.0 Å². The molecule has 0 atom stereocenters. The number of aromatic nitrogens is 19. The Morgan fingerprint density at radius 3 is 1.11 bits per heavy atom. The van der Waals surface area contributed by atoms with E-state index in [9.17, 15) is 4.79 Å². The van der Waals surface area contributed by atoms with Gasteiger partial charge in [-0.3, -0.25) is 24.6 Å². The number of hydrogen-bond donors (Lipinski definition) is 5. The minimum Gasteiger partial charge on any atom is -0.489 e. The molecule has 732 valence electrons. The maximum Gasteiger partial charge on any atom is 0.245 e. The van der Waals surface area contributed by atoms with Crippen LogP contribution in [0.15, 0.2) is 315 Å². The number of nitrogens with two attached hydrogens (primary N) is 4. The number of fused-ring (bicyclic) bond motifs is 4. The Bertz CT molecular complexity index is 7940. The molecular weight excluding hydrogens is 1900 g/mol. The van der Waals surface area contributed by atoms with E-state index >= 15 is 0 Å². The number of aryl methyl sites for hydroxylation is 2. The van der Waals surface area contributed by atoms with Gasteiger partial charge in [-0.05, 0) is 189 Å². The minimum absolute atomic E-state index is 0.260. The number of nitrogen functional groups attached to an aromatic ring is 4. The van der Waals surface area contributed by atoms with E-state index in [1.807, 2.05) is 275 Å². The first-order chi connectivity index (χ1) is 71.8. The molecule has 13 heterocycles. The van der Waals surface area contributed by atoms with Gasteiger partial charge in [0.2, 0.25) is 5.91 Å². The molecule has 2 aliphatic heterocycles. The Labute approximate surface area is 849 Å². The number of ether oxygens (including phenoxy) is 9. The smallest absolute Gasteiger partial charge is 0.245 e. The first-order valence-corrected chi connectivity index (χ1v) is 49.6. The lowest BCUT2D eigenvalue weighted by Crippen LogP contribution is -2.38. The number of hydrogen-bond acceptors (Lipinski definition) is 34. The van der Waals surface area contributed by atoms with E-state index in [2.05, 4.69) is 82.3 Å². The molecule has 23 rings (SSSR count). The highest BCUT2D eigenvalue weighted by Gasteiger charge is 2.27. The Morgan fingerprint density at radius 2 is 0.712 bits per heavy atom. The molecule has 0 spiro atoms. The molecule has 2 saturated heterocycles. The van der Waals surface area contributed by atoms with Crippen molar-refractivity contribution in [2.75, 3.05) is 68.9 Å². The number of thiazole rings is 3. The molecule has 0 radical (unpaired) electrons. The molecule has 11 aromatic heterocycles. The lowest BCUT2D eigenvalue weighted by atomic mass is 10.1. The molecule has 0 unspecified atom stereocenters. The molecular formula is C108H97N25O10S3. The Hall–Kier alpha value is -17.6. The van der Waals surface area contributed by atoms with Gasteiger partial charge < -0.3 is 70.9 Å². The van der Waals surface area contributed by atoms with Gasteiger partial charge in [0.05, 0.1) is 78.5 Å². The second kappa shape index (κ2) is 46.0. The highest BCUT2D eigenvalue weighted by Crippen LogP contribution is 2.41. The van der Waals surface area contributed by atoms with Crippen molar-refractivity contribution >= 4 is 107 Å². The molecule has 0 amide bonds. The average Bonchev–Trinajstić information content (AvgIpc) is 1.65. The second-order valence-corrected chi connectivity index (χ2v) is 36.6. The molecule has 0 aliphatic carbocycles. The molecule has 0 saturated carbocycles. The third kappa shape index (κ3) is 23.7. The lowest BCUT2D eigenvalue weighted by molar-refractivity contribution is 0.0361. The number of carbonyl (C=O) groups is 1. The first kappa shape index (κ1) is 96.0. The van der Waals surface area contributed by atoms with Crippen LogP contribution in [-0.4, -0.2) is 151 Å². The number of anilines is 4. The highest BCUT2D eigenvalue weighted by molar-refractivity contribution is 7.10. The van der Waals surface area contributed by atoms with Crippen LogP contribution in [0, 0.1) is 0 Å². The van der Waals surface area contributed by atoms with Gasteiger partial charge in [0.1, 0.15) is 167 Å². The predicted molar refractivity (Wildman–Crippen MR) is 562 cm³/mol. The van der Waals surface area contributed by atoms with E-state index < -0.39 is 0 Å². The minimum atomic E-state index is -0.260. The standard InChI is InChI=1S/C29H24N6O2S.C27H27N7O3S.C26H25N7O2S.C26H21N5O3/c30-28-26-27(34-35(29(26)33-18-32-28)14-13-20-5-2-1-3-6-20)21-9-11-22(12-10-21)37-24-8-4-7-23(15-24)36-17-25-16-31-19-38-25;28-26-24-25(32-34(27(24)31-17-30-26)9-8-33-10-12-35-13-11-33)19-4-6-20(7-5-19)37-22-3-1-2-21(14-22)36-16-23-15-29-18-38-23;27-25-23-24(32-33(26(23)31-15-30-25)18-8-10-28-11-9-18)17-4-6-19(7-5-17)35-21-3-1-2-20(12-21)34-14-22-13-29-16-36-22;1-17(32)31-26-23(25(27)28-16-29-26)24(30-31)19-10-12-20(13-11-19)34-22-9-5-8-21(14-22)33-15-18-6-3-2-4-7-18/h1-12,15-16,18-19H,13-14,17H2,(H2,30,32,33);1-7,14-15,17-18H,8-13,16H2,(H2,28,30,31);1-7,12-13,15-16,18,28H,8-11,14H2,(H2,27,30,31);2-14,16H,15H2,1H3,(H2,27,28,29). The van der Waals surface area contributed by atoms with E-state index in [1.165, 1.54) is 42.5 Å². The fourth-order valence-electron chi connectivity index (χ4n) is 16.5. The maximum absolute atomic E-state index is 12.0. The van der Waals surface area contributed by atoms with Crippen LogP contribution in [0.1, 0.15) is 56.4 Å². The van der Waals surface area contributed by atoms with Crippen molar-refractivity contribution in [1.82, 2.24) is 104 Å². The summed E-state index contributed by atoms with van der Waals surface area (Å²) in [6.45, 7) is 10.9. The number of rotatable bonds is 31. The molecule has 35 nitrogen and oxygen atoms in total. The number of morpholine rings is 1. The summed E-state index contributed by atoms with van der Waals surface area (Å²) in [5, 5.41) is 25.4. The Kier molecular flexibility index (Phi) is 30.2. The summed E-state index contributed by atoms with van der Waals surface area (Å²) in [4.78, 5) is 64.2. The van der Waals surface area contributed by atoms with Crippen molar-refractivity contribution in [2.45, 2.75) is 71.7 Å². The number of carbonyl (C=O) groups excluding carboxylic acids is 1. The van der Waals surface area contributed by atoms with Gasteiger partial charge in [0, 0.05) is 98.2 Å². The van der Waals surface area contributed by atoms with Crippen LogP contribution in [0.5, 0.6) is 69.0 Å². The SMILES string of the molecule is CC(=O)n1nc(-c2ccc(Oc3cccc(OCc4ccccc4)c3)cc2)c2c(N)ncnc21.Nc1ncnc2c1c(-c1ccc(Oc3cccc(OCc4cncs4)c3)cc1)nn2C1CCNCC1.Nc1ncnc2c1c(-c1ccc(Oc3cccc(OCc4cncs4)c3)cc1)nn2CCN1CCOCC1.Nc1ncnc2c1c(-c1ccc(Oc3cccc(OCc4cncs4)c3)cc1)nn2CCc1ccccc1. The van der Waals surface area contributed by atoms with Gasteiger partial charge in [0.25, 0.3) is 0 Å². The van der Waals surface area contributed by atoms with Gasteiger partial charge in [-0.1, -0.05) is 84.9 Å². The van der Waals surface area contributed by atoms with Crippen LogP contribution < -0.4 is 66.1 Å². The van der Waals surface area contributed by atoms with E-state index in [4.69, 9.17) is 80.9 Å². The van der Waals surface area contributed by atoms with E-state index in [-0.39, 0.29) is 17.8 Å². The van der Waals surface area contributed by atoms with Crippen LogP contribution in [-0.2, 0) is 50.7 Å². The molecule has 38 heteroatoms. The highest BCUT2D eigenvalue weighted by atomic mass is 32.1. The van der Waals surface area contributed by atoms with Gasteiger partial charge >= 0.3 is 0 Å². The zero-order valence-corrected chi connectivity index (χ0v) is 81.4. The van der Waals surface area contributed by atoms with Crippen molar-refractivity contribution < 1.29 is 47.4 Å². The zero-order chi connectivity index (χ0) is 99.3. The number of piperidine rings is 1. The van der Waals surface area contributed by atoms with Gasteiger partial charge in [-0.2, -0.15) is 25.1 Å². The van der Waals surface area contributed by atoms with Crippen LogP contribution in [0.25, 0.3) is 89.2 Å². The molecule has 146 heavy (non-hydrogen) atoms. The first-order valence-electron chi connectivity index (χ1n) is 47.0. The van der Waals surface area contributed by atoms with E-state index in [0.29, 0.717) is 120 Å². The summed E-state index contributed by atoms with van der Waals surface area (Å²) < 4.78 is 60.3. The van der Waals surface area contributed by atoms with Crippen molar-refractivity contribution in [2.24, 2.45) is 0 Å². The molecule has 2 aliphatic rings. The number of benzene rings is 10. The summed E-state index contributed by atoms with van der Waals surface area (Å²) in [7, 11) is 0. The van der Waals surface area contributed by atoms with Gasteiger partial charge in [0.15, 0.2) is 22.6 Å². The zero-order valence-electron chi connectivity index (χ0n) is 79.0. The number of nitrogens with one attached hydrogen (secondary N) is 1. The summed E-state index contributed by atoms with van der Waals surface area (Å²) in [6, 6.07) is 81.5. The second-order valence-electron chi connectivity index (χ2n) is 33.7. The van der Waals surface area contributed by atoms with Crippen molar-refractivity contribution in [1.29, 1.82) is 0 Å². The Balaban J connectivity index is 0.000000119. The fraction of sp³-hybridized carbons (Fsp3) is 0.167. The normalized spacial score (nSPS) is 12.6. The van der Waals surface area contributed by atoms with Crippen LogP contribution in [0.4, 0.5) is 23.3 Å². The van der Waals surface area contributed by atoms with Gasteiger partial charge in [-0.15, -0.1) is 34.0 Å². The average molecular weight is 2000 g/mol. The van der Waals surface area contributed by atoms with Crippen LogP contribution in [0.3, 0.4) is 0 Å².